The number of rotatable bonds is 5. The Morgan fingerprint density at radius 2 is 2.11 bits per heavy atom. The van der Waals surface area contributed by atoms with E-state index in [0.717, 1.165) is 6.42 Å². The van der Waals surface area contributed by atoms with Crippen molar-refractivity contribution in [3.8, 4) is 0 Å². The van der Waals surface area contributed by atoms with Gasteiger partial charge in [-0.3, -0.25) is 14.9 Å². The minimum atomic E-state index is -0.950. The van der Waals surface area contributed by atoms with Gasteiger partial charge in [-0.15, -0.1) is 0 Å². The number of likely N-dealkylation sites (N-methyl/N-ethyl adjacent to an activating group) is 1. The van der Waals surface area contributed by atoms with Crippen LogP contribution in [0, 0.1) is 0 Å². The van der Waals surface area contributed by atoms with Gasteiger partial charge in [-0.2, -0.15) is 0 Å². The summed E-state index contributed by atoms with van der Waals surface area (Å²) in [5.74, 6) is -1.40. The second-order valence-electron chi connectivity index (χ2n) is 4.23. The van der Waals surface area contributed by atoms with Crippen LogP contribution in [0.25, 0.3) is 0 Å². The number of ether oxygens (including phenoxy) is 1. The Balaban J connectivity index is 2.25. The lowest BCUT2D eigenvalue weighted by Crippen LogP contribution is -2.46. The highest BCUT2D eigenvalue weighted by Gasteiger charge is 2.24. The minimum Gasteiger partial charge on any atom is -0.481 e. The summed E-state index contributed by atoms with van der Waals surface area (Å²) < 4.78 is 5.15. The normalized spacial score (nSPS) is 18.4. The first kappa shape index (κ1) is 14.4. The van der Waals surface area contributed by atoms with Crippen molar-refractivity contribution in [1.29, 1.82) is 0 Å². The molecule has 1 unspecified atom stereocenters. The number of carbonyl (C=O) groups excluding carboxylic acids is 2. The van der Waals surface area contributed by atoms with Gasteiger partial charge in [-0.05, 0) is 12.8 Å². The van der Waals surface area contributed by atoms with Gasteiger partial charge in [0.25, 0.3) is 0 Å². The van der Waals surface area contributed by atoms with E-state index in [1.165, 1.54) is 4.90 Å². The number of aliphatic carboxylic acids is 1. The van der Waals surface area contributed by atoms with Crippen molar-refractivity contribution in [2.75, 3.05) is 20.3 Å². The molecule has 1 heterocycles. The van der Waals surface area contributed by atoms with Crippen molar-refractivity contribution >= 4 is 17.9 Å². The summed E-state index contributed by atoms with van der Waals surface area (Å²) in [7, 11) is 1.61. The fourth-order valence-electron chi connectivity index (χ4n) is 1.66. The molecule has 0 spiro atoms. The van der Waals surface area contributed by atoms with Gasteiger partial charge in [-0.1, -0.05) is 0 Å². The summed E-state index contributed by atoms with van der Waals surface area (Å²) >= 11 is 0. The lowest BCUT2D eigenvalue weighted by atomic mass is 10.2. The highest BCUT2D eigenvalue weighted by Crippen LogP contribution is 2.10. The number of nitrogens with one attached hydrogen (secondary N) is 1. The third-order valence-electron chi connectivity index (χ3n) is 2.81. The first-order valence-electron chi connectivity index (χ1n) is 5.87. The smallest absolute Gasteiger partial charge is 0.324 e. The minimum absolute atomic E-state index is 0.00294. The molecular weight excluding hydrogens is 240 g/mol. The molecule has 1 aliphatic rings. The largest absolute Gasteiger partial charge is 0.481 e. The number of hydrogen-bond acceptors (Lipinski definition) is 4. The Morgan fingerprint density at radius 1 is 1.39 bits per heavy atom. The molecule has 102 valence electrons. The predicted octanol–water partition coefficient (Wildman–Crippen LogP) is 0.198. The molecule has 0 aliphatic carbocycles. The quantitative estimate of drug-likeness (QED) is 0.734. The van der Waals surface area contributed by atoms with Crippen molar-refractivity contribution in [1.82, 2.24) is 10.2 Å². The second kappa shape index (κ2) is 6.95. The number of hydrogen-bond donors (Lipinski definition) is 2. The molecule has 1 saturated heterocycles. The van der Waals surface area contributed by atoms with Gasteiger partial charge in [0, 0.05) is 26.5 Å². The zero-order valence-corrected chi connectivity index (χ0v) is 10.3. The van der Waals surface area contributed by atoms with Crippen LogP contribution in [0.15, 0.2) is 0 Å². The number of amides is 3. The van der Waals surface area contributed by atoms with Crippen molar-refractivity contribution in [2.45, 2.75) is 31.7 Å². The standard InChI is InChI=1S/C11H18N2O5/c1-13(8-5-6-18-7-8)11(17)12-9(14)3-2-4-10(15)16/h8H,2-7H2,1H3,(H,15,16)(H,12,14,17). The molecule has 1 aliphatic heterocycles. The number of imide groups is 1. The molecule has 1 fully saturated rings. The average molecular weight is 258 g/mol. The Hall–Kier alpha value is -1.63. The Labute approximate surface area is 105 Å². The number of nitrogens with zero attached hydrogens (tertiary/aromatic N) is 1. The van der Waals surface area contributed by atoms with Crippen molar-refractivity contribution < 1.29 is 24.2 Å². The Kier molecular flexibility index (Phi) is 5.57. The lowest BCUT2D eigenvalue weighted by molar-refractivity contribution is -0.137. The van der Waals surface area contributed by atoms with E-state index in [4.69, 9.17) is 9.84 Å². The zero-order chi connectivity index (χ0) is 13.5. The molecule has 2 N–H and O–H groups in total. The van der Waals surface area contributed by atoms with Crippen LogP contribution >= 0.6 is 0 Å². The molecular formula is C11H18N2O5. The number of carboxylic acids is 1. The van der Waals surface area contributed by atoms with Crippen LogP contribution in [0.5, 0.6) is 0 Å². The first-order valence-corrected chi connectivity index (χ1v) is 5.87. The fourth-order valence-corrected chi connectivity index (χ4v) is 1.66. The summed E-state index contributed by atoms with van der Waals surface area (Å²) in [6.07, 6.45) is 0.947. The molecule has 0 aromatic rings. The van der Waals surface area contributed by atoms with Crippen molar-refractivity contribution in [3.63, 3.8) is 0 Å². The van der Waals surface area contributed by atoms with Gasteiger partial charge in [-0.25, -0.2) is 4.79 Å². The lowest BCUT2D eigenvalue weighted by Gasteiger charge is -2.22. The summed E-state index contributed by atoms with van der Waals surface area (Å²) in [6.45, 7) is 1.10. The van der Waals surface area contributed by atoms with E-state index in [2.05, 4.69) is 5.32 Å². The van der Waals surface area contributed by atoms with E-state index in [1.54, 1.807) is 7.05 Å². The van der Waals surface area contributed by atoms with Gasteiger partial charge in [0.2, 0.25) is 5.91 Å². The van der Waals surface area contributed by atoms with E-state index in [-0.39, 0.29) is 25.3 Å². The van der Waals surface area contributed by atoms with Gasteiger partial charge in [0.05, 0.1) is 12.6 Å². The molecule has 18 heavy (non-hydrogen) atoms. The summed E-state index contributed by atoms with van der Waals surface area (Å²) in [6, 6.07) is -0.470. The fraction of sp³-hybridized carbons (Fsp3) is 0.727. The van der Waals surface area contributed by atoms with E-state index in [1.807, 2.05) is 0 Å². The molecule has 7 nitrogen and oxygen atoms in total. The second-order valence-corrected chi connectivity index (χ2v) is 4.23. The third-order valence-corrected chi connectivity index (χ3v) is 2.81. The maximum absolute atomic E-state index is 11.7. The van der Waals surface area contributed by atoms with Crippen LogP contribution in [0.2, 0.25) is 0 Å². The maximum atomic E-state index is 11.7. The summed E-state index contributed by atoms with van der Waals surface area (Å²) in [5, 5.41) is 10.6. The number of urea groups is 1. The van der Waals surface area contributed by atoms with E-state index in [0.29, 0.717) is 13.2 Å². The van der Waals surface area contributed by atoms with Crippen molar-refractivity contribution in [2.24, 2.45) is 0 Å². The molecule has 0 aromatic carbocycles. The maximum Gasteiger partial charge on any atom is 0.324 e. The molecule has 0 bridgehead atoms. The Morgan fingerprint density at radius 3 is 2.67 bits per heavy atom. The first-order chi connectivity index (χ1) is 8.50. The van der Waals surface area contributed by atoms with E-state index < -0.39 is 17.9 Å². The molecule has 3 amide bonds. The third kappa shape index (κ3) is 4.70. The van der Waals surface area contributed by atoms with Crippen LogP contribution in [-0.4, -0.2) is 54.2 Å². The van der Waals surface area contributed by atoms with Gasteiger partial charge in [0.1, 0.15) is 0 Å². The molecule has 1 atom stereocenters. The SMILES string of the molecule is CN(C(=O)NC(=O)CCCC(=O)O)C1CCOC1. The van der Waals surface area contributed by atoms with Crippen LogP contribution in [-0.2, 0) is 14.3 Å². The molecule has 0 aromatic heterocycles. The van der Waals surface area contributed by atoms with Crippen LogP contribution in [0.4, 0.5) is 4.79 Å². The Bertz CT molecular complexity index is 325. The monoisotopic (exact) mass is 258 g/mol. The number of carbonyl (C=O) groups is 3. The van der Waals surface area contributed by atoms with Crippen LogP contribution in [0.3, 0.4) is 0 Å². The summed E-state index contributed by atoms with van der Waals surface area (Å²) in [5.41, 5.74) is 0. The average Bonchev–Trinajstić information content (AvgIpc) is 2.80. The zero-order valence-electron chi connectivity index (χ0n) is 10.3. The predicted molar refractivity (Wildman–Crippen MR) is 62.0 cm³/mol. The van der Waals surface area contributed by atoms with Gasteiger partial charge in [0.15, 0.2) is 0 Å². The number of carboxylic acid groups (broad SMARTS) is 1. The molecule has 0 radical (unpaired) electrons. The van der Waals surface area contributed by atoms with Crippen LogP contribution in [0.1, 0.15) is 25.7 Å². The van der Waals surface area contributed by atoms with Crippen LogP contribution < -0.4 is 5.32 Å². The topological polar surface area (TPSA) is 95.9 Å². The van der Waals surface area contributed by atoms with Gasteiger partial charge >= 0.3 is 12.0 Å². The van der Waals surface area contributed by atoms with Gasteiger partial charge < -0.3 is 14.7 Å². The van der Waals surface area contributed by atoms with Crippen molar-refractivity contribution in [3.05, 3.63) is 0 Å². The molecule has 7 heteroatoms. The molecule has 1 rings (SSSR count). The van der Waals surface area contributed by atoms with E-state index >= 15 is 0 Å². The summed E-state index contributed by atoms with van der Waals surface area (Å²) in [4.78, 5) is 34.7. The molecule has 0 saturated carbocycles. The highest BCUT2D eigenvalue weighted by atomic mass is 16.5. The highest BCUT2D eigenvalue weighted by molar-refractivity contribution is 5.94. The van der Waals surface area contributed by atoms with E-state index in [9.17, 15) is 14.4 Å².